The largest absolute Gasteiger partial charge is 0.495 e. The minimum absolute atomic E-state index is 0.114. The molecule has 3 aliphatic carbocycles. The van der Waals surface area contributed by atoms with Crippen LogP contribution in [-0.2, 0) is 16.0 Å². The predicted octanol–water partition coefficient (Wildman–Crippen LogP) is 3.35. The zero-order chi connectivity index (χ0) is 24.4. The summed E-state index contributed by atoms with van der Waals surface area (Å²) in [6.45, 7) is 0. The van der Waals surface area contributed by atoms with Crippen molar-refractivity contribution in [1.82, 2.24) is 10.3 Å². The Bertz CT molecular complexity index is 1230. The van der Waals surface area contributed by atoms with E-state index < -0.39 is 29.1 Å². The van der Waals surface area contributed by atoms with Crippen LogP contribution in [0.15, 0.2) is 65.4 Å². The molecule has 2 saturated carbocycles. The highest BCUT2D eigenvalue weighted by Gasteiger charge is 2.78. The van der Waals surface area contributed by atoms with Gasteiger partial charge >= 0.3 is 0 Å². The van der Waals surface area contributed by atoms with Crippen LogP contribution in [0.2, 0.25) is 0 Å². The van der Waals surface area contributed by atoms with Crippen molar-refractivity contribution in [2.24, 2.45) is 17.8 Å². The number of hydrogen-bond donors (Lipinski definition) is 3. The third-order valence-corrected chi connectivity index (χ3v) is 8.44. The van der Waals surface area contributed by atoms with Crippen LogP contribution in [0.5, 0.6) is 11.5 Å². The second kappa shape index (κ2) is 8.18. The third kappa shape index (κ3) is 3.16. The Labute approximate surface area is 212 Å². The van der Waals surface area contributed by atoms with Gasteiger partial charge in [-0.3, -0.25) is 9.78 Å². The summed E-state index contributed by atoms with van der Waals surface area (Å²) in [6.07, 6.45) is 12.1. The number of amides is 1. The molecule has 1 unspecified atom stereocenters. The smallest absolute Gasteiger partial charge is 0.226 e. The number of pyridine rings is 1. The van der Waals surface area contributed by atoms with E-state index in [1.54, 1.807) is 0 Å². The van der Waals surface area contributed by atoms with E-state index in [0.29, 0.717) is 29.0 Å². The van der Waals surface area contributed by atoms with Crippen LogP contribution in [0.3, 0.4) is 0 Å². The maximum absolute atomic E-state index is 13.7. The molecule has 0 radical (unpaired) electrons. The van der Waals surface area contributed by atoms with Gasteiger partial charge in [-0.1, -0.05) is 52.4 Å². The summed E-state index contributed by atoms with van der Waals surface area (Å²) in [7, 11) is 1.49. The molecule has 1 aromatic heterocycles. The fraction of sp³-hybridized carbons (Fsp3) is 0.407. The number of benzene rings is 1. The number of methoxy groups -OCH3 is 1. The van der Waals surface area contributed by atoms with Gasteiger partial charge in [-0.15, -0.1) is 0 Å². The number of halogens is 1. The van der Waals surface area contributed by atoms with Crippen LogP contribution < -0.4 is 14.8 Å². The summed E-state index contributed by atoms with van der Waals surface area (Å²) >= 11 is 3.49. The molecule has 182 valence electrons. The molecule has 0 bridgehead atoms. The van der Waals surface area contributed by atoms with Crippen molar-refractivity contribution in [2.75, 3.05) is 7.11 Å². The molecule has 2 heterocycles. The number of hydrogen-bond acceptors (Lipinski definition) is 6. The van der Waals surface area contributed by atoms with Crippen LogP contribution in [-0.4, -0.2) is 40.4 Å². The van der Waals surface area contributed by atoms with E-state index in [4.69, 9.17) is 9.47 Å². The van der Waals surface area contributed by atoms with Gasteiger partial charge in [0.2, 0.25) is 5.91 Å². The van der Waals surface area contributed by atoms with Crippen LogP contribution in [0.4, 0.5) is 0 Å². The number of rotatable bonds is 5. The lowest BCUT2D eigenvalue weighted by Crippen LogP contribution is -2.53. The van der Waals surface area contributed by atoms with Crippen LogP contribution in [0.25, 0.3) is 0 Å². The highest BCUT2D eigenvalue weighted by Crippen LogP contribution is 2.69. The van der Waals surface area contributed by atoms with E-state index >= 15 is 0 Å². The number of nitrogens with one attached hydrogen (secondary N) is 1. The lowest BCUT2D eigenvalue weighted by Gasteiger charge is -2.43. The Kier molecular flexibility index (Phi) is 5.32. The number of fused-ring (bicyclic) bond motifs is 3. The second-order valence-electron chi connectivity index (χ2n) is 9.82. The average Bonchev–Trinajstić information content (AvgIpc) is 3.61. The van der Waals surface area contributed by atoms with Gasteiger partial charge in [-0.25, -0.2) is 0 Å². The van der Waals surface area contributed by atoms with Crippen molar-refractivity contribution < 1.29 is 24.5 Å². The maximum Gasteiger partial charge on any atom is 0.226 e. The van der Waals surface area contributed by atoms with Gasteiger partial charge in [0, 0.05) is 16.4 Å². The van der Waals surface area contributed by atoms with E-state index in [1.807, 2.05) is 48.6 Å². The molecular weight excluding hydrogens is 512 g/mol. The molecule has 0 spiro atoms. The molecule has 2 aromatic rings. The van der Waals surface area contributed by atoms with Crippen LogP contribution in [0, 0.1) is 17.8 Å². The molecule has 1 aromatic carbocycles. The number of aromatic nitrogens is 1. The number of aliphatic hydroxyl groups is 2. The van der Waals surface area contributed by atoms with Crippen LogP contribution in [0.1, 0.15) is 30.4 Å². The quantitative estimate of drug-likeness (QED) is 0.539. The van der Waals surface area contributed by atoms with Gasteiger partial charge in [-0.2, -0.15) is 0 Å². The molecular formula is C27H27BrN2O5. The Morgan fingerprint density at radius 3 is 2.66 bits per heavy atom. The van der Waals surface area contributed by atoms with Gasteiger partial charge < -0.3 is 25.0 Å². The van der Waals surface area contributed by atoms with Gasteiger partial charge in [0.1, 0.15) is 17.6 Å². The maximum atomic E-state index is 13.7. The minimum Gasteiger partial charge on any atom is -0.495 e. The van der Waals surface area contributed by atoms with Gasteiger partial charge in [-0.05, 0) is 42.9 Å². The topological polar surface area (TPSA) is 101 Å². The molecule has 4 aliphatic rings. The molecule has 7 nitrogen and oxygen atoms in total. The lowest BCUT2D eigenvalue weighted by atomic mass is 9.67. The van der Waals surface area contributed by atoms with Gasteiger partial charge in [0.05, 0.1) is 31.0 Å². The van der Waals surface area contributed by atoms with Crippen molar-refractivity contribution in [1.29, 1.82) is 0 Å². The normalized spacial score (nSPS) is 34.7. The summed E-state index contributed by atoms with van der Waals surface area (Å²) in [5, 5.41) is 27.7. The monoisotopic (exact) mass is 538 g/mol. The van der Waals surface area contributed by atoms with Crippen molar-refractivity contribution in [3.05, 3.63) is 76.6 Å². The Morgan fingerprint density at radius 1 is 1.23 bits per heavy atom. The summed E-state index contributed by atoms with van der Waals surface area (Å²) in [5.41, 5.74) is -2.39. The number of carbonyl (C=O) groups is 1. The Balaban J connectivity index is 1.62. The predicted molar refractivity (Wildman–Crippen MR) is 132 cm³/mol. The number of carbonyl (C=O) groups excluding carboxylic acids is 1. The molecule has 1 amide bonds. The standard InChI is InChI=1S/C27H27BrN2O5/c1-34-19-13-29-14-20-23(19)26(33)24(31)21(25(32)30-18-11-12-18)22(15-5-3-2-4-6-15)27(26,35-20)16-7-9-17(28)10-8-16/h2-5,7-10,13-15,18,21-22,24,31,33H,6,11-12H2,1H3,(H,30,32)/t15?,21-,22-,24-,26+,27+/m1/s1. The highest BCUT2D eigenvalue weighted by molar-refractivity contribution is 9.10. The zero-order valence-corrected chi connectivity index (χ0v) is 20.8. The fourth-order valence-corrected chi connectivity index (χ4v) is 6.57. The van der Waals surface area contributed by atoms with Crippen molar-refractivity contribution >= 4 is 21.8 Å². The third-order valence-electron chi connectivity index (χ3n) is 7.91. The molecule has 8 heteroatoms. The molecule has 6 rings (SSSR count). The number of ether oxygens (including phenoxy) is 2. The van der Waals surface area contributed by atoms with Crippen molar-refractivity contribution in [3.63, 3.8) is 0 Å². The van der Waals surface area contributed by atoms with Crippen molar-refractivity contribution in [2.45, 2.75) is 42.6 Å². The lowest BCUT2D eigenvalue weighted by molar-refractivity contribution is -0.161. The number of aliphatic hydroxyl groups excluding tert-OH is 1. The van der Waals surface area contributed by atoms with Gasteiger partial charge in [0.25, 0.3) is 0 Å². The first-order valence-corrected chi connectivity index (χ1v) is 12.7. The second-order valence-corrected chi connectivity index (χ2v) is 10.7. The van der Waals surface area contributed by atoms with E-state index in [0.717, 1.165) is 17.3 Å². The molecule has 6 atom stereocenters. The zero-order valence-electron chi connectivity index (χ0n) is 19.2. The molecule has 2 fully saturated rings. The molecule has 0 saturated heterocycles. The fourth-order valence-electron chi connectivity index (χ4n) is 6.30. The molecule has 3 N–H and O–H groups in total. The van der Waals surface area contributed by atoms with Gasteiger partial charge in [0.15, 0.2) is 11.2 Å². The van der Waals surface area contributed by atoms with Crippen LogP contribution >= 0.6 is 15.9 Å². The molecule has 1 aliphatic heterocycles. The molecule has 35 heavy (non-hydrogen) atoms. The number of allylic oxidation sites excluding steroid dienone is 4. The highest BCUT2D eigenvalue weighted by atomic mass is 79.9. The van der Waals surface area contributed by atoms with E-state index in [1.165, 1.54) is 19.5 Å². The summed E-state index contributed by atoms with van der Waals surface area (Å²) in [5.74, 6) is -1.24. The number of nitrogens with zero attached hydrogens (tertiary/aromatic N) is 1. The first kappa shape index (κ1) is 22.8. The van der Waals surface area contributed by atoms with E-state index in [9.17, 15) is 15.0 Å². The summed E-state index contributed by atoms with van der Waals surface area (Å²) in [6, 6.07) is 7.63. The Hall–Kier alpha value is -2.68. The SMILES string of the molecule is COc1cncc2c1[C@]1(O)[C@H](O)[C@H](C(=O)NC3CC3)[C@@H](C3C=CC=CC3)[C@]1(c1ccc(Br)cc1)O2. The Morgan fingerprint density at radius 2 is 2.00 bits per heavy atom. The van der Waals surface area contributed by atoms with E-state index in [2.05, 4.69) is 26.2 Å². The average molecular weight is 539 g/mol. The first-order chi connectivity index (χ1) is 16.9. The summed E-state index contributed by atoms with van der Waals surface area (Å²) in [4.78, 5) is 17.9. The summed E-state index contributed by atoms with van der Waals surface area (Å²) < 4.78 is 13.2. The first-order valence-electron chi connectivity index (χ1n) is 11.9. The van der Waals surface area contributed by atoms with Crippen molar-refractivity contribution in [3.8, 4) is 11.5 Å². The van der Waals surface area contributed by atoms with E-state index in [-0.39, 0.29) is 17.9 Å². The minimum atomic E-state index is -1.95.